The summed E-state index contributed by atoms with van der Waals surface area (Å²) in [6.07, 6.45) is 22.7. The summed E-state index contributed by atoms with van der Waals surface area (Å²) < 4.78 is 0. The summed E-state index contributed by atoms with van der Waals surface area (Å²) in [4.78, 5) is 0. The van der Waals surface area contributed by atoms with Crippen LogP contribution >= 0.6 is 0 Å². The second-order valence-corrected chi connectivity index (χ2v) is 12.9. The largest absolute Gasteiger partial charge is 0.393 e. The maximum Gasteiger partial charge on any atom is 0.0577 e. The Morgan fingerprint density at radius 1 is 0.968 bits per heavy atom. The minimum absolute atomic E-state index is 0.0375. The lowest BCUT2D eigenvalue weighted by molar-refractivity contribution is -0.0513. The monoisotopic (exact) mass is 428 g/mol. The molecule has 0 saturated heterocycles. The third kappa shape index (κ3) is 3.96. The van der Waals surface area contributed by atoms with Crippen LogP contribution in [0.1, 0.15) is 117 Å². The van der Waals surface area contributed by atoms with E-state index in [2.05, 4.69) is 19.9 Å². The van der Waals surface area contributed by atoms with Gasteiger partial charge in [-0.25, -0.2) is 0 Å². The van der Waals surface area contributed by atoms with E-state index in [9.17, 15) is 10.2 Å². The molecule has 0 heterocycles. The molecule has 176 valence electrons. The van der Waals surface area contributed by atoms with E-state index in [4.69, 9.17) is 0 Å². The van der Waals surface area contributed by atoms with E-state index in [0.29, 0.717) is 16.7 Å². The van der Waals surface area contributed by atoms with Gasteiger partial charge < -0.3 is 10.2 Å². The van der Waals surface area contributed by atoms with E-state index in [-0.39, 0.29) is 12.2 Å². The summed E-state index contributed by atoms with van der Waals surface area (Å²) in [5, 5.41) is 21.0. The first-order valence-corrected chi connectivity index (χ1v) is 14.0. The van der Waals surface area contributed by atoms with Crippen LogP contribution in [0.2, 0.25) is 0 Å². The average Bonchev–Trinajstić information content (AvgIpc) is 3.11. The number of aliphatic hydroxyl groups excluding tert-OH is 2. The highest BCUT2D eigenvalue weighted by Gasteiger charge is 2.58. The molecule has 2 N–H and O–H groups in total. The molecule has 5 aliphatic rings. The number of fused-ring (bicyclic) bond motifs is 5. The zero-order valence-corrected chi connectivity index (χ0v) is 20.3. The molecule has 0 bridgehead atoms. The number of rotatable bonds is 5. The van der Waals surface area contributed by atoms with Crippen LogP contribution in [0, 0.1) is 40.4 Å². The Morgan fingerprint density at radius 2 is 1.77 bits per heavy atom. The van der Waals surface area contributed by atoms with Crippen LogP contribution in [0.3, 0.4) is 0 Å². The summed E-state index contributed by atoms with van der Waals surface area (Å²) in [5.41, 5.74) is 2.50. The zero-order chi connectivity index (χ0) is 21.6. The van der Waals surface area contributed by atoms with E-state index in [1.807, 2.05) is 0 Å². The normalized spacial score (nSPS) is 46.6. The lowest BCUT2D eigenvalue weighted by atomic mass is 9.47. The van der Waals surface area contributed by atoms with Crippen LogP contribution in [-0.2, 0) is 0 Å². The van der Waals surface area contributed by atoms with Crippen molar-refractivity contribution in [3.05, 3.63) is 11.6 Å². The fourth-order valence-electron chi connectivity index (χ4n) is 9.55. The Kier molecular flexibility index (Phi) is 6.36. The Bertz CT molecular complexity index is 664. The zero-order valence-electron chi connectivity index (χ0n) is 20.3. The van der Waals surface area contributed by atoms with Gasteiger partial charge in [0.15, 0.2) is 0 Å². The minimum Gasteiger partial charge on any atom is -0.393 e. The van der Waals surface area contributed by atoms with Gasteiger partial charge in [0.2, 0.25) is 0 Å². The van der Waals surface area contributed by atoms with E-state index in [1.165, 1.54) is 83.5 Å². The summed E-state index contributed by atoms with van der Waals surface area (Å²) in [5.74, 6) is 4.10. The van der Waals surface area contributed by atoms with Crippen molar-refractivity contribution < 1.29 is 10.2 Å². The van der Waals surface area contributed by atoms with Crippen molar-refractivity contribution in [2.24, 2.45) is 40.4 Å². The van der Waals surface area contributed by atoms with Gasteiger partial charge in [0.1, 0.15) is 0 Å². The van der Waals surface area contributed by atoms with Crippen molar-refractivity contribution >= 4 is 0 Å². The molecular formula is C29H48O2. The highest BCUT2D eigenvalue weighted by molar-refractivity contribution is 5.25. The van der Waals surface area contributed by atoms with Gasteiger partial charge in [0.25, 0.3) is 0 Å². The number of allylic oxidation sites excluding steroid dienone is 1. The Morgan fingerprint density at radius 3 is 2.58 bits per heavy atom. The van der Waals surface area contributed by atoms with Gasteiger partial charge in [0.05, 0.1) is 12.2 Å². The lowest BCUT2D eigenvalue weighted by Crippen LogP contribution is -2.50. The van der Waals surface area contributed by atoms with Crippen molar-refractivity contribution in [3.63, 3.8) is 0 Å². The van der Waals surface area contributed by atoms with Crippen LogP contribution in [0.5, 0.6) is 0 Å². The van der Waals surface area contributed by atoms with Gasteiger partial charge in [-0.05, 0) is 117 Å². The molecule has 0 aromatic heterocycles. The van der Waals surface area contributed by atoms with Gasteiger partial charge in [-0.2, -0.15) is 0 Å². The molecule has 5 rings (SSSR count). The van der Waals surface area contributed by atoms with E-state index >= 15 is 0 Å². The first kappa shape index (κ1) is 22.5. The Hall–Kier alpha value is -0.340. The van der Waals surface area contributed by atoms with Crippen molar-refractivity contribution in [2.45, 2.75) is 129 Å². The fourth-order valence-corrected chi connectivity index (χ4v) is 9.55. The quantitative estimate of drug-likeness (QED) is 0.461. The first-order valence-electron chi connectivity index (χ1n) is 14.0. The summed E-state index contributed by atoms with van der Waals surface area (Å²) >= 11 is 0. The number of hydrogen-bond acceptors (Lipinski definition) is 2. The molecule has 0 aliphatic heterocycles. The van der Waals surface area contributed by atoms with Crippen molar-refractivity contribution in [2.75, 3.05) is 0 Å². The molecule has 2 heteroatoms. The molecule has 4 fully saturated rings. The Balaban J connectivity index is 1.21. The highest BCUT2D eigenvalue weighted by Crippen LogP contribution is 2.66. The van der Waals surface area contributed by atoms with E-state index < -0.39 is 0 Å². The molecule has 8 unspecified atom stereocenters. The summed E-state index contributed by atoms with van der Waals surface area (Å²) in [6, 6.07) is 0. The van der Waals surface area contributed by atoms with Crippen molar-refractivity contribution in [3.8, 4) is 0 Å². The predicted octanol–water partition coefficient (Wildman–Crippen LogP) is 7.04. The molecule has 0 radical (unpaired) electrons. The van der Waals surface area contributed by atoms with Crippen LogP contribution in [-0.4, -0.2) is 22.4 Å². The molecule has 31 heavy (non-hydrogen) atoms. The number of hydrogen-bond donors (Lipinski definition) is 2. The molecule has 4 saturated carbocycles. The summed E-state index contributed by atoms with van der Waals surface area (Å²) in [7, 11) is 0. The standard InChI is InChI=1S/C29H48O2/c1-28-18-16-26-24(13-11-22-19-23(30)15-17-29(22,26)2)25(28)14-12-21(28)9-6-10-27(31)20-7-4-3-5-8-20/h11,20-21,23-27,30-31H,3-10,12-19H2,1-2H3. The van der Waals surface area contributed by atoms with Crippen molar-refractivity contribution in [1.29, 1.82) is 0 Å². The van der Waals surface area contributed by atoms with Gasteiger partial charge >= 0.3 is 0 Å². The van der Waals surface area contributed by atoms with Crippen LogP contribution < -0.4 is 0 Å². The molecule has 0 aromatic carbocycles. The minimum atomic E-state index is -0.0930. The molecule has 2 nitrogen and oxygen atoms in total. The number of aliphatic hydroxyl groups is 2. The predicted molar refractivity (Wildman–Crippen MR) is 128 cm³/mol. The Labute approximate surface area is 191 Å². The SMILES string of the molecule is CC12CCC(O)CC1=CCC1C2CCC2(C)C(CCCC(O)C3CCCCC3)CCC12. The van der Waals surface area contributed by atoms with E-state index in [1.54, 1.807) is 5.57 Å². The summed E-state index contributed by atoms with van der Waals surface area (Å²) in [6.45, 7) is 5.19. The third-order valence-electron chi connectivity index (χ3n) is 11.5. The fraction of sp³-hybridized carbons (Fsp3) is 0.931. The molecule has 8 atom stereocenters. The smallest absolute Gasteiger partial charge is 0.0577 e. The highest BCUT2D eigenvalue weighted by atomic mass is 16.3. The van der Waals surface area contributed by atoms with Crippen LogP contribution in [0.25, 0.3) is 0 Å². The molecule has 5 aliphatic carbocycles. The average molecular weight is 429 g/mol. The van der Waals surface area contributed by atoms with Gasteiger partial charge in [-0.3, -0.25) is 0 Å². The second-order valence-electron chi connectivity index (χ2n) is 12.9. The van der Waals surface area contributed by atoms with Gasteiger partial charge in [0, 0.05) is 0 Å². The first-order chi connectivity index (χ1) is 14.9. The maximum absolute atomic E-state index is 10.7. The lowest BCUT2D eigenvalue weighted by Gasteiger charge is -2.58. The topological polar surface area (TPSA) is 40.5 Å². The molecule has 0 spiro atoms. The molecule has 0 aromatic rings. The van der Waals surface area contributed by atoms with Crippen LogP contribution in [0.4, 0.5) is 0 Å². The van der Waals surface area contributed by atoms with Crippen molar-refractivity contribution in [1.82, 2.24) is 0 Å². The van der Waals surface area contributed by atoms with Gasteiger partial charge in [-0.15, -0.1) is 0 Å². The molecule has 0 amide bonds. The maximum atomic E-state index is 10.7. The third-order valence-corrected chi connectivity index (χ3v) is 11.5. The molecular weight excluding hydrogens is 380 g/mol. The van der Waals surface area contributed by atoms with E-state index in [0.717, 1.165) is 42.9 Å². The van der Waals surface area contributed by atoms with Gasteiger partial charge in [-0.1, -0.05) is 51.2 Å². The second kappa shape index (κ2) is 8.79. The van der Waals surface area contributed by atoms with Crippen LogP contribution in [0.15, 0.2) is 11.6 Å².